The highest BCUT2D eigenvalue weighted by Gasteiger charge is 2.47. The highest BCUT2D eigenvalue weighted by molar-refractivity contribution is 5.97. The van der Waals surface area contributed by atoms with E-state index in [1.54, 1.807) is 4.90 Å². The number of benzene rings is 3. The molecule has 1 amide bonds. The van der Waals surface area contributed by atoms with Gasteiger partial charge in [0.05, 0.1) is 5.60 Å². The molecule has 1 fully saturated rings. The summed E-state index contributed by atoms with van der Waals surface area (Å²) in [6.07, 6.45) is 3.62. The van der Waals surface area contributed by atoms with Gasteiger partial charge >= 0.3 is 0 Å². The van der Waals surface area contributed by atoms with Crippen LogP contribution in [0.3, 0.4) is 0 Å². The number of hydrogen-bond donors (Lipinski definition) is 0. The van der Waals surface area contributed by atoms with E-state index in [1.807, 2.05) is 25.2 Å². The Balaban J connectivity index is 1.21. The molecule has 0 saturated heterocycles. The minimum atomic E-state index is -0.378. The zero-order valence-corrected chi connectivity index (χ0v) is 20.0. The number of hydrogen-bond acceptors (Lipinski definition) is 3. The lowest BCUT2D eigenvalue weighted by Gasteiger charge is -2.41. The number of rotatable bonds is 6. The van der Waals surface area contributed by atoms with Crippen LogP contribution in [0, 0.1) is 5.82 Å². The molecule has 5 heteroatoms. The summed E-state index contributed by atoms with van der Waals surface area (Å²) in [4.78, 5) is 27.1. The van der Waals surface area contributed by atoms with Crippen molar-refractivity contribution in [2.45, 2.75) is 56.3 Å². The second-order valence-corrected chi connectivity index (χ2v) is 9.66. The van der Waals surface area contributed by atoms with E-state index < -0.39 is 0 Å². The van der Waals surface area contributed by atoms with Crippen LogP contribution in [0.2, 0.25) is 0 Å². The highest BCUT2D eigenvalue weighted by Crippen LogP contribution is 2.53. The van der Waals surface area contributed by atoms with Crippen LogP contribution in [0.4, 0.5) is 4.39 Å². The molecule has 2 aliphatic rings. The highest BCUT2D eigenvalue weighted by atomic mass is 19.1. The maximum Gasteiger partial charge on any atom is 0.223 e. The van der Waals surface area contributed by atoms with Crippen LogP contribution in [-0.4, -0.2) is 29.7 Å². The van der Waals surface area contributed by atoms with Crippen molar-refractivity contribution in [1.82, 2.24) is 4.90 Å². The minimum Gasteiger partial charge on any atom is -0.358 e. The molecule has 1 spiro atoms. The van der Waals surface area contributed by atoms with Crippen molar-refractivity contribution in [2.75, 3.05) is 7.05 Å². The first-order valence-corrected chi connectivity index (χ1v) is 12.3. The zero-order valence-electron chi connectivity index (χ0n) is 20.0. The monoisotopic (exact) mass is 471 g/mol. The topological polar surface area (TPSA) is 46.6 Å². The van der Waals surface area contributed by atoms with Crippen molar-refractivity contribution >= 4 is 11.7 Å². The number of fused-ring (bicyclic) bond motifs is 2. The second kappa shape index (κ2) is 9.74. The molecule has 1 heterocycles. The molecule has 0 N–H and O–H groups in total. The summed E-state index contributed by atoms with van der Waals surface area (Å²) < 4.78 is 19.9. The normalized spacial score (nSPS) is 23.1. The summed E-state index contributed by atoms with van der Waals surface area (Å²) in [6, 6.07) is 24.5. The van der Waals surface area contributed by atoms with Gasteiger partial charge in [0, 0.05) is 31.5 Å². The summed E-state index contributed by atoms with van der Waals surface area (Å²) in [5.41, 5.74) is 3.78. The van der Waals surface area contributed by atoms with Gasteiger partial charge in [-0.15, -0.1) is 0 Å². The average molecular weight is 472 g/mol. The van der Waals surface area contributed by atoms with Gasteiger partial charge in [0.1, 0.15) is 11.9 Å². The Morgan fingerprint density at radius 2 is 1.57 bits per heavy atom. The van der Waals surface area contributed by atoms with Crippen molar-refractivity contribution in [2.24, 2.45) is 0 Å². The molecule has 0 unspecified atom stereocenters. The first-order valence-electron chi connectivity index (χ1n) is 12.3. The molecule has 4 nitrogen and oxygen atoms in total. The van der Waals surface area contributed by atoms with Gasteiger partial charge in [-0.3, -0.25) is 9.59 Å². The molecule has 1 atom stereocenters. The fourth-order valence-corrected chi connectivity index (χ4v) is 5.59. The average Bonchev–Trinajstić information content (AvgIpc) is 3.22. The first-order chi connectivity index (χ1) is 17.0. The van der Waals surface area contributed by atoms with Gasteiger partial charge in [-0.25, -0.2) is 4.39 Å². The van der Waals surface area contributed by atoms with Gasteiger partial charge in [0.15, 0.2) is 5.78 Å². The minimum absolute atomic E-state index is 0.0312. The Hall–Kier alpha value is -3.31. The molecule has 0 radical (unpaired) electrons. The van der Waals surface area contributed by atoms with Crippen molar-refractivity contribution < 1.29 is 18.7 Å². The van der Waals surface area contributed by atoms with Crippen LogP contribution >= 0.6 is 0 Å². The molecule has 3 aromatic carbocycles. The molecular formula is C30H30FNO3. The standard InChI is InChI=1S/C30H30FNO3/c1-32(28(34)16-15-27(33)21-11-13-23(31)14-12-21)24-17-19-30(20-18-24)26-10-6-5-9-25(26)29(35-30)22-7-3-2-4-8-22/h2-14,24,29H,15-20H2,1H3/t24?,29-,30?/m1/s1. The third kappa shape index (κ3) is 4.65. The SMILES string of the molecule is CN(C(=O)CCC(=O)c1ccc(F)cc1)C1CCC2(CC1)O[C@H](c1ccccc1)c1ccccc12. The molecule has 0 aromatic heterocycles. The quantitative estimate of drug-likeness (QED) is 0.402. The summed E-state index contributed by atoms with van der Waals surface area (Å²) in [5.74, 6) is -0.551. The number of carbonyl (C=O) groups excluding carboxylic acids is 2. The lowest BCUT2D eigenvalue weighted by molar-refractivity contribution is -0.136. The van der Waals surface area contributed by atoms with E-state index in [0.29, 0.717) is 5.56 Å². The predicted molar refractivity (Wildman–Crippen MR) is 132 cm³/mol. The fourth-order valence-electron chi connectivity index (χ4n) is 5.59. The number of nitrogens with zero attached hydrogens (tertiary/aromatic N) is 1. The number of ether oxygens (including phenoxy) is 1. The molecule has 35 heavy (non-hydrogen) atoms. The van der Waals surface area contributed by atoms with Crippen LogP contribution < -0.4 is 0 Å². The second-order valence-electron chi connectivity index (χ2n) is 9.66. The van der Waals surface area contributed by atoms with E-state index in [1.165, 1.54) is 35.4 Å². The molecule has 3 aromatic rings. The van der Waals surface area contributed by atoms with Crippen molar-refractivity contribution in [1.29, 1.82) is 0 Å². The van der Waals surface area contributed by atoms with E-state index in [9.17, 15) is 14.0 Å². The zero-order chi connectivity index (χ0) is 24.4. The van der Waals surface area contributed by atoms with E-state index in [0.717, 1.165) is 31.2 Å². The summed E-state index contributed by atoms with van der Waals surface area (Å²) in [7, 11) is 1.84. The van der Waals surface area contributed by atoms with Crippen LogP contribution in [0.1, 0.15) is 71.7 Å². The number of ketones is 1. The van der Waals surface area contributed by atoms with E-state index >= 15 is 0 Å². The van der Waals surface area contributed by atoms with Crippen molar-refractivity contribution in [3.8, 4) is 0 Å². The molecular weight excluding hydrogens is 441 g/mol. The molecule has 5 rings (SSSR count). The van der Waals surface area contributed by atoms with Crippen LogP contribution in [0.15, 0.2) is 78.9 Å². The molecule has 180 valence electrons. The van der Waals surface area contributed by atoms with Crippen LogP contribution in [-0.2, 0) is 15.1 Å². The van der Waals surface area contributed by atoms with Crippen LogP contribution in [0.5, 0.6) is 0 Å². The van der Waals surface area contributed by atoms with E-state index in [-0.39, 0.29) is 48.1 Å². The van der Waals surface area contributed by atoms with Gasteiger partial charge in [0.2, 0.25) is 5.91 Å². The van der Waals surface area contributed by atoms with Gasteiger partial charge in [-0.05, 0) is 66.6 Å². The van der Waals surface area contributed by atoms with Crippen molar-refractivity contribution in [3.05, 3.63) is 107 Å². The lowest BCUT2D eigenvalue weighted by atomic mass is 9.77. The Morgan fingerprint density at radius 1 is 0.914 bits per heavy atom. The molecule has 0 bridgehead atoms. The van der Waals surface area contributed by atoms with E-state index in [4.69, 9.17) is 4.74 Å². The largest absolute Gasteiger partial charge is 0.358 e. The van der Waals surface area contributed by atoms with Gasteiger partial charge < -0.3 is 9.64 Å². The number of halogens is 1. The maximum atomic E-state index is 13.1. The van der Waals surface area contributed by atoms with Crippen molar-refractivity contribution in [3.63, 3.8) is 0 Å². The summed E-state index contributed by atoms with van der Waals surface area (Å²) in [5, 5.41) is 0. The number of Topliss-reactive ketones (excluding diaryl/α,β-unsaturated/α-hetero) is 1. The van der Waals surface area contributed by atoms with Gasteiger partial charge in [-0.2, -0.15) is 0 Å². The maximum absolute atomic E-state index is 13.1. The van der Waals surface area contributed by atoms with Gasteiger partial charge in [-0.1, -0.05) is 54.6 Å². The summed E-state index contributed by atoms with van der Waals surface area (Å²) in [6.45, 7) is 0. The molecule has 1 saturated carbocycles. The Labute approximate surface area is 205 Å². The fraction of sp³-hybridized carbons (Fsp3) is 0.333. The Morgan fingerprint density at radius 3 is 2.29 bits per heavy atom. The third-order valence-corrected chi connectivity index (χ3v) is 7.62. The number of amides is 1. The molecule has 1 aliphatic heterocycles. The smallest absolute Gasteiger partial charge is 0.223 e. The van der Waals surface area contributed by atoms with Crippen LogP contribution in [0.25, 0.3) is 0 Å². The van der Waals surface area contributed by atoms with Gasteiger partial charge in [0.25, 0.3) is 0 Å². The lowest BCUT2D eigenvalue weighted by Crippen LogP contribution is -2.43. The number of carbonyl (C=O) groups is 2. The Bertz CT molecular complexity index is 1200. The summed E-state index contributed by atoms with van der Waals surface area (Å²) >= 11 is 0. The first kappa shape index (κ1) is 23.4. The predicted octanol–water partition coefficient (Wildman–Crippen LogP) is 6.20. The Kier molecular flexibility index (Phi) is 6.52. The third-order valence-electron chi connectivity index (χ3n) is 7.62. The molecule has 1 aliphatic carbocycles. The van der Waals surface area contributed by atoms with E-state index in [2.05, 4.69) is 36.4 Å².